The van der Waals surface area contributed by atoms with Crippen molar-refractivity contribution in [3.8, 4) is 0 Å². The largest absolute Gasteiger partial charge is 0.387 e. The Bertz CT molecular complexity index is 1030. The minimum Gasteiger partial charge on any atom is -0.387 e. The van der Waals surface area contributed by atoms with Gasteiger partial charge in [0.05, 0.1) is 6.10 Å². The molecule has 204 valence electrons. The van der Waals surface area contributed by atoms with Crippen molar-refractivity contribution in [2.45, 2.75) is 110 Å². The van der Waals surface area contributed by atoms with Gasteiger partial charge in [-0.1, -0.05) is 139 Å². The number of hydrogen-bond donors (Lipinski definition) is 1. The van der Waals surface area contributed by atoms with Crippen LogP contribution in [0.3, 0.4) is 0 Å². The minimum atomic E-state index is -0.479. The number of nitrogens with zero attached hydrogens (tertiary/aromatic N) is 1. The molecule has 0 amide bonds. The van der Waals surface area contributed by atoms with Gasteiger partial charge in [-0.2, -0.15) is 0 Å². The molecule has 1 atom stereocenters. The SMILES string of the molecule is CCCCCCCCCN(CCCCCCCCC)C[C@H](O)c1ccc2cc(Cl)c3ccccc3c2c1. The Hall–Kier alpha value is -1.61. The van der Waals surface area contributed by atoms with E-state index in [1.807, 2.05) is 12.1 Å². The molecular weight excluding hydrogens is 474 g/mol. The van der Waals surface area contributed by atoms with Gasteiger partial charge >= 0.3 is 0 Å². The number of hydrogen-bond acceptors (Lipinski definition) is 2. The third-order valence-corrected chi connectivity index (χ3v) is 8.12. The lowest BCUT2D eigenvalue weighted by molar-refractivity contribution is 0.110. The molecule has 0 aromatic heterocycles. The van der Waals surface area contributed by atoms with Crippen molar-refractivity contribution in [3.05, 3.63) is 59.1 Å². The molecule has 3 heteroatoms. The lowest BCUT2D eigenvalue weighted by Crippen LogP contribution is -2.31. The summed E-state index contributed by atoms with van der Waals surface area (Å²) in [4.78, 5) is 2.52. The van der Waals surface area contributed by atoms with E-state index >= 15 is 0 Å². The van der Waals surface area contributed by atoms with E-state index in [9.17, 15) is 5.11 Å². The van der Waals surface area contributed by atoms with Crippen molar-refractivity contribution in [2.75, 3.05) is 19.6 Å². The molecule has 0 fully saturated rings. The summed E-state index contributed by atoms with van der Waals surface area (Å²) in [6.45, 7) is 7.45. The second-order valence-electron chi connectivity index (χ2n) is 10.9. The van der Waals surface area contributed by atoms with Crippen LogP contribution in [0.2, 0.25) is 5.02 Å². The van der Waals surface area contributed by atoms with E-state index in [2.05, 4.69) is 55.1 Å². The Kier molecular flexibility index (Phi) is 13.8. The zero-order chi connectivity index (χ0) is 26.3. The Morgan fingerprint density at radius 1 is 0.649 bits per heavy atom. The second-order valence-corrected chi connectivity index (χ2v) is 11.4. The monoisotopic (exact) mass is 523 g/mol. The van der Waals surface area contributed by atoms with E-state index in [4.69, 9.17) is 11.6 Å². The summed E-state index contributed by atoms with van der Waals surface area (Å²) >= 11 is 6.54. The second kappa shape index (κ2) is 17.1. The fourth-order valence-electron chi connectivity index (χ4n) is 5.51. The van der Waals surface area contributed by atoms with Crippen molar-refractivity contribution in [1.82, 2.24) is 4.90 Å². The first-order chi connectivity index (χ1) is 18.1. The molecule has 0 unspecified atom stereocenters. The van der Waals surface area contributed by atoms with Crippen molar-refractivity contribution in [2.24, 2.45) is 0 Å². The molecule has 1 N–H and O–H groups in total. The molecule has 0 spiro atoms. The highest BCUT2D eigenvalue weighted by molar-refractivity contribution is 6.37. The summed E-state index contributed by atoms with van der Waals surface area (Å²) < 4.78 is 0. The van der Waals surface area contributed by atoms with Crippen LogP contribution in [0.25, 0.3) is 21.5 Å². The molecule has 3 aromatic rings. The Labute approximate surface area is 231 Å². The predicted octanol–water partition coefficient (Wildman–Crippen LogP) is 10.5. The summed E-state index contributed by atoms with van der Waals surface area (Å²) in [6, 6.07) is 16.7. The number of aliphatic hydroxyl groups is 1. The topological polar surface area (TPSA) is 23.5 Å². The number of unbranched alkanes of at least 4 members (excludes halogenated alkanes) is 12. The Morgan fingerprint density at radius 2 is 1.19 bits per heavy atom. The quantitative estimate of drug-likeness (QED) is 0.125. The molecule has 2 nitrogen and oxygen atoms in total. The summed E-state index contributed by atoms with van der Waals surface area (Å²) in [5.41, 5.74) is 1.00. The number of aliphatic hydroxyl groups excluding tert-OH is 1. The number of halogens is 1. The highest BCUT2D eigenvalue weighted by Crippen LogP contribution is 2.33. The van der Waals surface area contributed by atoms with E-state index in [0.29, 0.717) is 6.54 Å². The third kappa shape index (κ3) is 9.89. The summed E-state index contributed by atoms with van der Waals surface area (Å²) in [6.07, 6.45) is 18.1. The number of benzene rings is 3. The molecule has 37 heavy (non-hydrogen) atoms. The van der Waals surface area contributed by atoms with Gasteiger partial charge in [0.15, 0.2) is 0 Å². The van der Waals surface area contributed by atoms with Gasteiger partial charge in [-0.3, -0.25) is 0 Å². The molecule has 0 radical (unpaired) electrons. The summed E-state index contributed by atoms with van der Waals surface area (Å²) in [5, 5.41) is 16.6. The van der Waals surface area contributed by atoms with Gasteiger partial charge in [-0.25, -0.2) is 0 Å². The van der Waals surface area contributed by atoms with Crippen LogP contribution in [0.1, 0.15) is 115 Å². The average Bonchev–Trinajstić information content (AvgIpc) is 2.91. The molecule has 0 heterocycles. The van der Waals surface area contributed by atoms with E-state index in [1.54, 1.807) is 0 Å². The van der Waals surface area contributed by atoms with Gasteiger partial charge < -0.3 is 10.0 Å². The highest BCUT2D eigenvalue weighted by Gasteiger charge is 2.15. The van der Waals surface area contributed by atoms with Crippen LogP contribution in [-0.4, -0.2) is 29.6 Å². The van der Waals surface area contributed by atoms with Crippen LogP contribution >= 0.6 is 11.6 Å². The zero-order valence-electron chi connectivity index (χ0n) is 23.5. The van der Waals surface area contributed by atoms with E-state index in [-0.39, 0.29) is 0 Å². The normalized spacial score (nSPS) is 12.7. The molecule has 3 rings (SSSR count). The number of fused-ring (bicyclic) bond motifs is 3. The predicted molar refractivity (Wildman–Crippen MR) is 164 cm³/mol. The first-order valence-electron chi connectivity index (χ1n) is 15.1. The van der Waals surface area contributed by atoms with E-state index in [0.717, 1.165) is 39.8 Å². The molecule has 0 aliphatic carbocycles. The fraction of sp³-hybridized carbons (Fsp3) is 0.588. The molecule has 3 aromatic carbocycles. The van der Waals surface area contributed by atoms with Gasteiger partial charge in [0, 0.05) is 17.0 Å². The average molecular weight is 524 g/mol. The van der Waals surface area contributed by atoms with Crippen molar-refractivity contribution >= 4 is 33.1 Å². The van der Waals surface area contributed by atoms with Crippen LogP contribution < -0.4 is 0 Å². The standard InChI is InChI=1S/C34H50ClNO/c1-3-5-7-9-11-13-17-23-36(24-18-14-12-10-8-6-4-2)27-34(37)29-22-21-28-26-33(35)31-20-16-15-19-30(31)32(28)25-29/h15-16,19-22,25-26,34,37H,3-14,17-18,23-24,27H2,1-2H3/t34-/m0/s1. The molecule has 0 bridgehead atoms. The van der Waals surface area contributed by atoms with Crippen LogP contribution in [0.5, 0.6) is 0 Å². The smallest absolute Gasteiger partial charge is 0.0917 e. The van der Waals surface area contributed by atoms with E-state index < -0.39 is 6.10 Å². The lowest BCUT2D eigenvalue weighted by Gasteiger charge is -2.26. The fourth-order valence-corrected chi connectivity index (χ4v) is 5.79. The maximum absolute atomic E-state index is 11.3. The zero-order valence-corrected chi connectivity index (χ0v) is 24.2. The molecule has 0 saturated heterocycles. The Morgan fingerprint density at radius 3 is 1.78 bits per heavy atom. The first kappa shape index (κ1) is 29.9. The van der Waals surface area contributed by atoms with Gasteiger partial charge in [0.2, 0.25) is 0 Å². The summed E-state index contributed by atoms with van der Waals surface area (Å²) in [7, 11) is 0. The van der Waals surface area contributed by atoms with Crippen molar-refractivity contribution < 1.29 is 5.11 Å². The summed E-state index contributed by atoms with van der Waals surface area (Å²) in [5.74, 6) is 0. The number of rotatable bonds is 19. The molecule has 0 aliphatic heterocycles. The lowest BCUT2D eigenvalue weighted by atomic mass is 9.98. The molecular formula is C34H50ClNO. The third-order valence-electron chi connectivity index (χ3n) is 7.81. The molecule has 0 aliphatic rings. The highest BCUT2D eigenvalue weighted by atomic mass is 35.5. The van der Waals surface area contributed by atoms with Crippen LogP contribution in [0.4, 0.5) is 0 Å². The van der Waals surface area contributed by atoms with Crippen molar-refractivity contribution in [3.63, 3.8) is 0 Å². The van der Waals surface area contributed by atoms with Gasteiger partial charge in [-0.05, 0) is 59.8 Å². The Balaban J connectivity index is 1.61. The first-order valence-corrected chi connectivity index (χ1v) is 15.5. The van der Waals surface area contributed by atoms with Gasteiger partial charge in [-0.15, -0.1) is 0 Å². The maximum Gasteiger partial charge on any atom is 0.0917 e. The minimum absolute atomic E-state index is 0.479. The van der Waals surface area contributed by atoms with Gasteiger partial charge in [0.25, 0.3) is 0 Å². The van der Waals surface area contributed by atoms with Crippen molar-refractivity contribution in [1.29, 1.82) is 0 Å². The van der Waals surface area contributed by atoms with Gasteiger partial charge in [0.1, 0.15) is 0 Å². The van der Waals surface area contributed by atoms with Crippen LogP contribution in [0, 0.1) is 0 Å². The van der Waals surface area contributed by atoms with Crippen LogP contribution in [0.15, 0.2) is 48.5 Å². The maximum atomic E-state index is 11.3. The van der Waals surface area contributed by atoms with E-state index in [1.165, 1.54) is 95.3 Å². The molecule has 0 saturated carbocycles. The van der Waals surface area contributed by atoms with Crippen LogP contribution in [-0.2, 0) is 0 Å².